The van der Waals surface area contributed by atoms with E-state index >= 15 is 0 Å². The first kappa shape index (κ1) is 42.8. The number of carbonyl (C=O) groups excluding carboxylic acids is 1. The third-order valence-electron chi connectivity index (χ3n) is 9.67. The first-order valence-corrected chi connectivity index (χ1v) is 18.8. The molecule has 2 aliphatic carbocycles. The minimum absolute atomic E-state index is 0.0247. The lowest BCUT2D eigenvalue weighted by atomic mass is 9.96. The van der Waals surface area contributed by atoms with Crippen molar-refractivity contribution in [3.63, 3.8) is 0 Å². The summed E-state index contributed by atoms with van der Waals surface area (Å²) in [5.41, 5.74) is 20.1. The molecular formula is C41H36Cl2F2N10O5. The van der Waals surface area contributed by atoms with Crippen molar-refractivity contribution < 1.29 is 33.4 Å². The van der Waals surface area contributed by atoms with Gasteiger partial charge in [0.25, 0.3) is 0 Å². The number of urea groups is 1. The van der Waals surface area contributed by atoms with E-state index in [1.165, 1.54) is 36.0 Å². The molecule has 10 N–H and O–H groups in total. The van der Waals surface area contributed by atoms with Gasteiger partial charge in [-0.15, -0.1) is 0 Å². The maximum atomic E-state index is 14.5. The molecule has 6 aromatic rings. The number of nitrogen functional groups attached to an aromatic ring is 1. The second-order valence-electron chi connectivity index (χ2n) is 13.3. The van der Waals surface area contributed by atoms with Gasteiger partial charge in [-0.05, 0) is 101 Å². The molecule has 15 nitrogen and oxygen atoms in total. The Hall–Kier alpha value is -6.79. The van der Waals surface area contributed by atoms with Crippen molar-refractivity contribution >= 4 is 52.8 Å². The fourth-order valence-electron chi connectivity index (χ4n) is 6.71. The maximum Gasteiger partial charge on any atom is 0.337 e. The van der Waals surface area contributed by atoms with E-state index in [-0.39, 0.29) is 50.5 Å². The number of aryl methyl sites for hydroxylation is 2. The summed E-state index contributed by atoms with van der Waals surface area (Å²) < 4.78 is 28.2. The number of nitrogens with zero attached hydrogens (tertiary/aromatic N) is 4. The Bertz CT molecular complexity index is 2570. The molecule has 0 radical (unpaired) electrons. The summed E-state index contributed by atoms with van der Waals surface area (Å²) in [7, 11) is 0. The number of pyridine rings is 4. The molecule has 308 valence electrons. The lowest BCUT2D eigenvalue weighted by molar-refractivity contribution is 0.0685. The second kappa shape index (κ2) is 19.3. The highest BCUT2D eigenvalue weighted by Gasteiger charge is 2.27. The number of nitrogens with one attached hydrogen (secondary N) is 4. The van der Waals surface area contributed by atoms with Crippen molar-refractivity contribution in [3.05, 3.63) is 175 Å². The van der Waals surface area contributed by atoms with E-state index in [1.807, 2.05) is 18.2 Å². The molecule has 0 spiro atoms. The van der Waals surface area contributed by atoms with Gasteiger partial charge < -0.3 is 26.7 Å². The van der Waals surface area contributed by atoms with Crippen LogP contribution in [0, 0.1) is 11.6 Å². The lowest BCUT2D eigenvalue weighted by Gasteiger charge is -2.22. The zero-order valence-electron chi connectivity index (χ0n) is 31.3. The van der Waals surface area contributed by atoms with Gasteiger partial charge in [-0.1, -0.05) is 47.5 Å². The van der Waals surface area contributed by atoms with Gasteiger partial charge in [-0.3, -0.25) is 20.8 Å². The number of hydrazine groups is 2. The highest BCUT2D eigenvalue weighted by molar-refractivity contribution is 6.33. The summed E-state index contributed by atoms with van der Waals surface area (Å²) in [6, 6.07) is 14.7. The molecule has 0 aliphatic heterocycles. The summed E-state index contributed by atoms with van der Waals surface area (Å²) in [6.45, 7) is 0. The highest BCUT2D eigenvalue weighted by Crippen LogP contribution is 2.34. The molecule has 8 rings (SSSR count). The monoisotopic (exact) mass is 856 g/mol. The van der Waals surface area contributed by atoms with Gasteiger partial charge in [-0.25, -0.2) is 39.0 Å². The number of carboxylic acid groups (broad SMARTS) is 2. The van der Waals surface area contributed by atoms with Crippen LogP contribution in [0.1, 0.15) is 77.3 Å². The van der Waals surface area contributed by atoms with Crippen molar-refractivity contribution in [2.45, 2.75) is 37.8 Å². The van der Waals surface area contributed by atoms with E-state index in [4.69, 9.17) is 45.0 Å². The van der Waals surface area contributed by atoms with E-state index in [0.717, 1.165) is 40.4 Å². The Labute approximate surface area is 351 Å². The first-order chi connectivity index (χ1) is 28.9. The number of hydrogen-bond donors (Lipinski definition) is 8. The molecule has 2 atom stereocenters. The van der Waals surface area contributed by atoms with E-state index in [9.17, 15) is 23.2 Å². The van der Waals surface area contributed by atoms with Crippen LogP contribution in [0.5, 0.6) is 0 Å². The van der Waals surface area contributed by atoms with Crippen LogP contribution in [0.4, 0.5) is 25.2 Å². The summed E-state index contributed by atoms with van der Waals surface area (Å²) in [5.74, 6) is 2.64. The Morgan fingerprint density at radius 3 is 1.75 bits per heavy atom. The number of fused-ring (bicyclic) bond motifs is 4. The number of aromatic carboxylic acids is 2. The molecule has 0 saturated carbocycles. The van der Waals surface area contributed by atoms with Gasteiger partial charge in [0.1, 0.15) is 11.6 Å². The number of nitrogens with two attached hydrogens (primary N) is 2. The zero-order chi connectivity index (χ0) is 42.9. The van der Waals surface area contributed by atoms with Crippen molar-refractivity contribution in [2.75, 3.05) is 10.9 Å². The maximum absolute atomic E-state index is 14.5. The molecule has 2 unspecified atom stereocenters. The van der Waals surface area contributed by atoms with Crippen molar-refractivity contribution in [2.24, 2.45) is 11.6 Å². The van der Waals surface area contributed by atoms with Crippen LogP contribution in [0.25, 0.3) is 0 Å². The molecule has 0 fully saturated rings. The predicted molar refractivity (Wildman–Crippen MR) is 219 cm³/mol. The number of aromatic nitrogens is 4. The summed E-state index contributed by atoms with van der Waals surface area (Å²) in [4.78, 5) is 49.8. The summed E-state index contributed by atoms with van der Waals surface area (Å²) in [6.07, 6.45) is 11.8. The van der Waals surface area contributed by atoms with Gasteiger partial charge in [0.05, 0.1) is 33.3 Å². The molecule has 2 aromatic carbocycles. The smallest absolute Gasteiger partial charge is 0.337 e. The topological polar surface area (TPSA) is 243 Å². The number of amides is 2. The van der Waals surface area contributed by atoms with Crippen molar-refractivity contribution in [1.29, 1.82) is 0 Å². The molecule has 2 aliphatic rings. The molecular weight excluding hydrogens is 821 g/mol. The standard InChI is InChI=1S/C21H17ClFN5O3.C14H13FN2.C6H6ClN3O2/c22-16-8-12(20(29)30)9-25-19(16)27-28-21(31)26-18-14-2-1-3-17(23)13(14)5-4-11-6-7-24-10-15(11)18;15-13-3-1-2-11-10(13)5-4-9-6-7-17-8-12(9)14(11)16;7-4-1-3(6(11)12)2-9-5(4)10-8/h1-3,6-10,18H,4-5H2,(H,25,27)(H,29,30)(H2,26,28,31);1-3,6-8,14H,4-5,16H2;1-2H,8H2,(H,9,10)(H,11,12). The van der Waals surface area contributed by atoms with Crippen LogP contribution in [0.15, 0.2) is 97.8 Å². The van der Waals surface area contributed by atoms with E-state index in [0.29, 0.717) is 30.4 Å². The van der Waals surface area contributed by atoms with E-state index < -0.39 is 24.0 Å². The predicted octanol–water partition coefficient (Wildman–Crippen LogP) is 6.57. The molecule has 60 heavy (non-hydrogen) atoms. The van der Waals surface area contributed by atoms with Crippen LogP contribution in [0.2, 0.25) is 10.0 Å². The number of benzene rings is 2. The third-order valence-corrected chi connectivity index (χ3v) is 10.2. The number of hydrogen-bond acceptors (Lipinski definition) is 11. The first-order valence-electron chi connectivity index (χ1n) is 18.1. The van der Waals surface area contributed by atoms with Crippen LogP contribution in [0.3, 0.4) is 0 Å². The van der Waals surface area contributed by atoms with Crippen LogP contribution in [-0.2, 0) is 25.7 Å². The minimum Gasteiger partial charge on any atom is -0.478 e. The molecule has 0 bridgehead atoms. The average Bonchev–Trinajstić information content (AvgIpc) is 3.49. The molecule has 4 heterocycles. The van der Waals surface area contributed by atoms with Gasteiger partial charge in [0.2, 0.25) is 0 Å². The van der Waals surface area contributed by atoms with Gasteiger partial charge in [0.15, 0.2) is 11.6 Å². The average molecular weight is 858 g/mol. The fourth-order valence-corrected chi connectivity index (χ4v) is 7.14. The SMILES string of the molecule is NC1c2cnccc2CCc2c(F)cccc21.NNc1ncc(C(=O)O)cc1Cl.O=C(NNc1ncc(C(=O)O)cc1Cl)NC1c2cnccc2CCc2c(F)cccc21. The van der Waals surface area contributed by atoms with Gasteiger partial charge >= 0.3 is 18.0 Å². The highest BCUT2D eigenvalue weighted by atomic mass is 35.5. The van der Waals surface area contributed by atoms with E-state index in [1.54, 1.807) is 43.0 Å². The largest absolute Gasteiger partial charge is 0.478 e. The fraction of sp³-hybridized carbons (Fsp3) is 0.146. The molecule has 19 heteroatoms. The number of carboxylic acids is 2. The number of rotatable bonds is 6. The van der Waals surface area contributed by atoms with Gasteiger partial charge in [0, 0.05) is 42.7 Å². The Kier molecular flexibility index (Phi) is 13.8. The molecule has 2 amide bonds. The minimum atomic E-state index is -1.17. The Morgan fingerprint density at radius 2 is 1.20 bits per heavy atom. The number of halogens is 4. The number of anilines is 2. The Morgan fingerprint density at radius 1 is 0.683 bits per heavy atom. The van der Waals surface area contributed by atoms with Crippen LogP contribution >= 0.6 is 23.2 Å². The summed E-state index contributed by atoms with van der Waals surface area (Å²) >= 11 is 11.6. The quantitative estimate of drug-likeness (QED) is 0.0654. The van der Waals surface area contributed by atoms with Crippen molar-refractivity contribution in [3.8, 4) is 0 Å². The van der Waals surface area contributed by atoms with Crippen LogP contribution in [-0.4, -0.2) is 48.1 Å². The second-order valence-corrected chi connectivity index (χ2v) is 14.1. The normalized spacial score (nSPS) is 14.6. The third kappa shape index (κ3) is 9.90. The van der Waals surface area contributed by atoms with Gasteiger partial charge in [-0.2, -0.15) is 0 Å². The van der Waals surface area contributed by atoms with Crippen molar-refractivity contribution in [1.82, 2.24) is 30.7 Å². The molecule has 4 aromatic heterocycles. The van der Waals surface area contributed by atoms with Crippen LogP contribution < -0.4 is 33.2 Å². The molecule has 0 saturated heterocycles. The zero-order valence-corrected chi connectivity index (χ0v) is 32.8. The Balaban J connectivity index is 0.000000173. The van der Waals surface area contributed by atoms with E-state index in [2.05, 4.69) is 41.5 Å². The lowest BCUT2D eigenvalue weighted by Crippen LogP contribution is -2.41. The number of carbonyl (C=O) groups is 3. The summed E-state index contributed by atoms with van der Waals surface area (Å²) in [5, 5.41) is 20.5.